The third kappa shape index (κ3) is 3.57. The van der Waals surface area contributed by atoms with Gasteiger partial charge in [-0.25, -0.2) is 0 Å². The maximum atomic E-state index is 12.0. The van der Waals surface area contributed by atoms with Crippen LogP contribution in [0.2, 0.25) is 0 Å². The third-order valence-corrected chi connectivity index (χ3v) is 3.47. The molecule has 0 aliphatic rings. The number of carbonyl (C=O) groups is 2. The van der Waals surface area contributed by atoms with E-state index in [1.165, 1.54) is 10.9 Å². The van der Waals surface area contributed by atoms with E-state index in [1.54, 1.807) is 6.07 Å². The van der Waals surface area contributed by atoms with Crippen molar-refractivity contribution in [3.8, 4) is 0 Å². The number of aryl methyl sites for hydroxylation is 1. The van der Waals surface area contributed by atoms with Crippen LogP contribution in [0.15, 0.2) is 48.8 Å². The second-order valence-electron chi connectivity index (χ2n) is 5.16. The Hall–Kier alpha value is -3.09. The normalized spacial score (nSPS) is 10.8. The third-order valence-electron chi connectivity index (χ3n) is 3.47. The van der Waals surface area contributed by atoms with Crippen molar-refractivity contribution >= 4 is 28.6 Å². The molecule has 0 saturated heterocycles. The molecule has 7 nitrogen and oxygen atoms in total. The molecule has 7 heteroatoms. The van der Waals surface area contributed by atoms with Gasteiger partial charge in [0, 0.05) is 36.9 Å². The standard InChI is InChI=1S/C16H16N4O3/c21-15(17-14-6-10-20(18-14)11-16(22)23)7-9-19-8-5-12-3-1-2-4-13(12)19/h1-6,8,10H,7,9,11H2,(H,22,23)(H,17,18,21). The van der Waals surface area contributed by atoms with Crippen LogP contribution in [0.25, 0.3) is 10.9 Å². The fourth-order valence-corrected chi connectivity index (χ4v) is 2.42. The number of fused-ring (bicyclic) bond motifs is 1. The lowest BCUT2D eigenvalue weighted by Crippen LogP contribution is -2.15. The van der Waals surface area contributed by atoms with Gasteiger partial charge in [-0.05, 0) is 17.5 Å². The second kappa shape index (κ2) is 6.35. The molecular formula is C16H16N4O3. The van der Waals surface area contributed by atoms with Gasteiger partial charge in [-0.15, -0.1) is 0 Å². The first-order valence-corrected chi connectivity index (χ1v) is 7.21. The van der Waals surface area contributed by atoms with E-state index in [-0.39, 0.29) is 12.5 Å². The van der Waals surface area contributed by atoms with Crippen molar-refractivity contribution in [1.29, 1.82) is 0 Å². The van der Waals surface area contributed by atoms with Crippen LogP contribution in [0, 0.1) is 0 Å². The van der Waals surface area contributed by atoms with Gasteiger partial charge in [0.1, 0.15) is 6.54 Å². The second-order valence-corrected chi connectivity index (χ2v) is 5.16. The van der Waals surface area contributed by atoms with Gasteiger partial charge in [-0.1, -0.05) is 18.2 Å². The van der Waals surface area contributed by atoms with E-state index in [2.05, 4.69) is 10.4 Å². The number of nitrogens with zero attached hydrogens (tertiary/aromatic N) is 3. The van der Waals surface area contributed by atoms with Crippen LogP contribution < -0.4 is 5.32 Å². The molecule has 1 aromatic carbocycles. The van der Waals surface area contributed by atoms with Crippen LogP contribution in [0.3, 0.4) is 0 Å². The van der Waals surface area contributed by atoms with Gasteiger partial charge in [0.15, 0.2) is 5.82 Å². The molecule has 3 aromatic rings. The molecule has 0 unspecified atom stereocenters. The summed E-state index contributed by atoms with van der Waals surface area (Å²) in [4.78, 5) is 22.6. The number of aromatic nitrogens is 3. The summed E-state index contributed by atoms with van der Waals surface area (Å²) in [5.41, 5.74) is 1.09. The van der Waals surface area contributed by atoms with E-state index < -0.39 is 5.97 Å². The minimum atomic E-state index is -0.981. The summed E-state index contributed by atoms with van der Waals surface area (Å²) in [6.07, 6.45) is 3.78. The predicted octanol–water partition coefficient (Wildman–Crippen LogP) is 1.95. The molecule has 0 fully saturated rings. The first-order chi connectivity index (χ1) is 11.1. The number of carboxylic acids is 1. The van der Waals surface area contributed by atoms with Crippen molar-refractivity contribution in [2.75, 3.05) is 5.32 Å². The van der Waals surface area contributed by atoms with Crippen molar-refractivity contribution in [3.05, 3.63) is 48.8 Å². The molecule has 0 radical (unpaired) electrons. The van der Waals surface area contributed by atoms with Crippen LogP contribution in [-0.4, -0.2) is 31.3 Å². The SMILES string of the molecule is O=C(O)Cn1ccc(NC(=O)CCn2ccc3ccccc32)n1. The fraction of sp³-hybridized carbons (Fsp3) is 0.188. The number of nitrogens with one attached hydrogen (secondary N) is 1. The number of aliphatic carboxylic acids is 1. The molecule has 118 valence electrons. The average molecular weight is 312 g/mol. The van der Waals surface area contributed by atoms with Crippen LogP contribution >= 0.6 is 0 Å². The minimum Gasteiger partial charge on any atom is -0.480 e. The van der Waals surface area contributed by atoms with Crippen molar-refractivity contribution < 1.29 is 14.7 Å². The number of carboxylic acid groups (broad SMARTS) is 1. The maximum absolute atomic E-state index is 12.0. The summed E-state index contributed by atoms with van der Waals surface area (Å²) in [6.45, 7) is 0.334. The highest BCUT2D eigenvalue weighted by molar-refractivity contribution is 5.89. The summed E-state index contributed by atoms with van der Waals surface area (Å²) in [7, 11) is 0. The van der Waals surface area contributed by atoms with E-state index in [0.717, 1.165) is 10.9 Å². The summed E-state index contributed by atoms with van der Waals surface area (Å²) < 4.78 is 3.29. The lowest BCUT2D eigenvalue weighted by atomic mass is 10.2. The largest absolute Gasteiger partial charge is 0.480 e. The molecule has 0 spiro atoms. The highest BCUT2D eigenvalue weighted by Crippen LogP contribution is 2.15. The van der Waals surface area contributed by atoms with Gasteiger partial charge in [-0.3, -0.25) is 14.3 Å². The Labute approximate surface area is 132 Å². The van der Waals surface area contributed by atoms with Gasteiger partial charge < -0.3 is 15.0 Å². The van der Waals surface area contributed by atoms with Crippen LogP contribution in [-0.2, 0) is 22.7 Å². The van der Waals surface area contributed by atoms with Crippen LogP contribution in [0.5, 0.6) is 0 Å². The van der Waals surface area contributed by atoms with Crippen LogP contribution in [0.1, 0.15) is 6.42 Å². The highest BCUT2D eigenvalue weighted by Gasteiger charge is 2.08. The molecule has 2 aromatic heterocycles. The summed E-state index contributed by atoms with van der Waals surface area (Å²) in [6, 6.07) is 11.6. The molecule has 0 aliphatic carbocycles. The zero-order valence-electron chi connectivity index (χ0n) is 12.3. The Morgan fingerprint density at radius 3 is 2.78 bits per heavy atom. The van der Waals surface area contributed by atoms with Crippen molar-refractivity contribution in [2.24, 2.45) is 0 Å². The van der Waals surface area contributed by atoms with E-state index >= 15 is 0 Å². The van der Waals surface area contributed by atoms with Gasteiger partial charge in [0.25, 0.3) is 0 Å². The number of para-hydroxylation sites is 1. The summed E-state index contributed by atoms with van der Waals surface area (Å²) >= 11 is 0. The Kier molecular flexibility index (Phi) is 4.09. The van der Waals surface area contributed by atoms with E-state index in [4.69, 9.17) is 5.11 Å². The molecule has 2 heterocycles. The summed E-state index contributed by atoms with van der Waals surface area (Å²) in [5.74, 6) is -0.789. The molecule has 23 heavy (non-hydrogen) atoms. The molecule has 0 bridgehead atoms. The highest BCUT2D eigenvalue weighted by atomic mass is 16.4. The topological polar surface area (TPSA) is 89.1 Å². The molecule has 3 rings (SSSR count). The Balaban J connectivity index is 1.57. The predicted molar refractivity (Wildman–Crippen MR) is 85.0 cm³/mol. The number of anilines is 1. The van der Waals surface area contributed by atoms with E-state index in [1.807, 2.05) is 41.1 Å². The van der Waals surface area contributed by atoms with Crippen molar-refractivity contribution in [1.82, 2.24) is 14.3 Å². The zero-order valence-corrected chi connectivity index (χ0v) is 12.3. The molecule has 2 N–H and O–H groups in total. The fourth-order valence-electron chi connectivity index (χ4n) is 2.42. The molecule has 1 amide bonds. The number of amides is 1. The number of rotatable bonds is 6. The molecule has 0 aliphatic heterocycles. The Morgan fingerprint density at radius 1 is 1.13 bits per heavy atom. The minimum absolute atomic E-state index is 0.164. The van der Waals surface area contributed by atoms with E-state index in [0.29, 0.717) is 18.8 Å². The molecule has 0 saturated carbocycles. The first kappa shape index (κ1) is 14.8. The number of hydrogen-bond acceptors (Lipinski definition) is 3. The Bertz CT molecular complexity index is 850. The van der Waals surface area contributed by atoms with Gasteiger partial charge in [-0.2, -0.15) is 5.10 Å². The van der Waals surface area contributed by atoms with Gasteiger partial charge in [0.05, 0.1) is 0 Å². The first-order valence-electron chi connectivity index (χ1n) is 7.21. The lowest BCUT2D eigenvalue weighted by Gasteiger charge is -2.05. The zero-order chi connectivity index (χ0) is 16.2. The number of benzene rings is 1. The van der Waals surface area contributed by atoms with Gasteiger partial charge >= 0.3 is 5.97 Å². The summed E-state index contributed by atoms with van der Waals surface area (Å²) in [5, 5.41) is 16.5. The van der Waals surface area contributed by atoms with Crippen molar-refractivity contribution in [3.63, 3.8) is 0 Å². The monoisotopic (exact) mass is 312 g/mol. The number of hydrogen-bond donors (Lipinski definition) is 2. The molecular weight excluding hydrogens is 296 g/mol. The number of carbonyl (C=O) groups excluding carboxylic acids is 1. The van der Waals surface area contributed by atoms with E-state index in [9.17, 15) is 9.59 Å². The van der Waals surface area contributed by atoms with Crippen LogP contribution in [0.4, 0.5) is 5.82 Å². The quantitative estimate of drug-likeness (QED) is 0.728. The maximum Gasteiger partial charge on any atom is 0.325 e. The van der Waals surface area contributed by atoms with Gasteiger partial charge in [0.2, 0.25) is 5.91 Å². The molecule has 0 atom stereocenters. The Morgan fingerprint density at radius 2 is 1.96 bits per heavy atom. The van der Waals surface area contributed by atoms with Crippen molar-refractivity contribution in [2.45, 2.75) is 19.5 Å². The average Bonchev–Trinajstić information content (AvgIpc) is 3.11. The smallest absolute Gasteiger partial charge is 0.325 e. The lowest BCUT2D eigenvalue weighted by molar-refractivity contribution is -0.137.